The molecule has 4 saturated heterocycles. The molecule has 4 aromatic rings. The first-order valence-electron chi connectivity index (χ1n) is 24.9. The number of likely N-dealkylation sites (tertiary alicyclic amines) is 2. The summed E-state index contributed by atoms with van der Waals surface area (Å²) in [6.07, 6.45) is 7.88. The summed E-state index contributed by atoms with van der Waals surface area (Å²) in [6.45, 7) is 16.1. The minimum absolute atomic E-state index is 0.00114. The van der Waals surface area contributed by atoms with Crippen LogP contribution in [0.2, 0.25) is 0 Å². The van der Waals surface area contributed by atoms with Crippen LogP contribution in [0.4, 0.5) is 29.7 Å². The first kappa shape index (κ1) is 48.8. The molecule has 7 atom stereocenters. The van der Waals surface area contributed by atoms with E-state index < -0.39 is 41.3 Å². The number of rotatable bonds is 12. The van der Waals surface area contributed by atoms with Crippen LogP contribution in [0.15, 0.2) is 36.4 Å². The van der Waals surface area contributed by atoms with Crippen molar-refractivity contribution in [2.45, 2.75) is 130 Å². The van der Waals surface area contributed by atoms with E-state index in [1.165, 1.54) is 26.4 Å². The molecule has 1 unspecified atom stereocenters. The maximum atomic E-state index is 16.5. The zero-order valence-corrected chi connectivity index (χ0v) is 41.8. The first-order chi connectivity index (χ1) is 33.3. The number of hydrogen-bond donors (Lipinski definition) is 4. The zero-order valence-electron chi connectivity index (χ0n) is 41.8. The van der Waals surface area contributed by atoms with Crippen LogP contribution in [-0.4, -0.2) is 112 Å². The Hall–Kier alpha value is -6.20. The molecule has 2 aromatic carbocycles. The van der Waals surface area contributed by atoms with Crippen molar-refractivity contribution >= 4 is 52.5 Å². The normalized spacial score (nSPS) is 24.8. The van der Waals surface area contributed by atoms with E-state index in [2.05, 4.69) is 64.5 Å². The number of aromatic amines is 2. The number of H-pyrrole nitrogens is 2. The average molecular weight is 967 g/mol. The second kappa shape index (κ2) is 18.9. The van der Waals surface area contributed by atoms with E-state index in [9.17, 15) is 19.2 Å². The molecular weight excluding hydrogens is 899 g/mol. The Bertz CT molecular complexity index is 2670. The largest absolute Gasteiger partial charge is 0.453 e. The molecular formula is C52H68F2N10O6. The molecule has 0 spiro atoms. The van der Waals surface area contributed by atoms with Crippen molar-refractivity contribution < 1.29 is 37.4 Å². The maximum Gasteiger partial charge on any atom is 0.407 e. The van der Waals surface area contributed by atoms with Crippen LogP contribution in [-0.2, 0) is 25.5 Å². The Kier molecular flexibility index (Phi) is 13.1. The number of hydrogen-bond acceptors (Lipinski definition) is 10. The third-order valence-corrected chi connectivity index (χ3v) is 15.4. The van der Waals surface area contributed by atoms with Crippen molar-refractivity contribution in [3.63, 3.8) is 0 Å². The monoisotopic (exact) mass is 967 g/mol. The number of halogens is 2. The van der Waals surface area contributed by atoms with E-state index in [0.717, 1.165) is 41.7 Å². The number of ether oxygens (including phenoxy) is 2. The summed E-state index contributed by atoms with van der Waals surface area (Å²) in [4.78, 5) is 77.2. The molecule has 70 heavy (non-hydrogen) atoms. The molecule has 18 heteroatoms. The molecule has 4 N–H and O–H groups in total. The van der Waals surface area contributed by atoms with Gasteiger partial charge in [-0.2, -0.15) is 0 Å². The fourth-order valence-corrected chi connectivity index (χ4v) is 11.9. The van der Waals surface area contributed by atoms with Crippen molar-refractivity contribution in [1.82, 2.24) is 40.4 Å². The van der Waals surface area contributed by atoms with Crippen LogP contribution >= 0.6 is 0 Å². The summed E-state index contributed by atoms with van der Waals surface area (Å²) < 4.78 is 42.6. The Labute approximate surface area is 408 Å². The molecule has 4 aliphatic heterocycles. The second-order valence-corrected chi connectivity index (χ2v) is 21.8. The summed E-state index contributed by atoms with van der Waals surface area (Å²) in [7, 11) is 2.56. The zero-order chi connectivity index (χ0) is 50.0. The molecule has 1 aliphatic carbocycles. The van der Waals surface area contributed by atoms with Crippen LogP contribution in [0.1, 0.15) is 134 Å². The number of imidazole rings is 2. The highest BCUT2D eigenvalue weighted by molar-refractivity contribution is 5.87. The number of carbonyl (C=O) groups excluding carboxylic acids is 4. The lowest BCUT2D eigenvalue weighted by molar-refractivity contribution is -0.136. The lowest BCUT2D eigenvalue weighted by Gasteiger charge is -2.47. The van der Waals surface area contributed by atoms with Crippen LogP contribution in [0.5, 0.6) is 0 Å². The van der Waals surface area contributed by atoms with Crippen molar-refractivity contribution in [3.8, 4) is 0 Å². The van der Waals surface area contributed by atoms with Gasteiger partial charge in [0.05, 0.1) is 54.8 Å². The van der Waals surface area contributed by atoms with Crippen LogP contribution < -0.4 is 20.4 Å². The predicted molar refractivity (Wildman–Crippen MR) is 262 cm³/mol. The van der Waals surface area contributed by atoms with Crippen LogP contribution in [0, 0.1) is 34.3 Å². The summed E-state index contributed by atoms with van der Waals surface area (Å²) in [6, 6.07) is 6.46. The molecule has 6 heterocycles. The Morgan fingerprint density at radius 3 is 1.87 bits per heavy atom. The Morgan fingerprint density at radius 2 is 1.33 bits per heavy atom. The highest BCUT2D eigenvalue weighted by atomic mass is 19.1. The van der Waals surface area contributed by atoms with Gasteiger partial charge in [-0.05, 0) is 91.7 Å². The quantitative estimate of drug-likeness (QED) is 0.108. The lowest BCUT2D eigenvalue weighted by atomic mass is 9.74. The van der Waals surface area contributed by atoms with Crippen molar-refractivity contribution in [2.24, 2.45) is 22.7 Å². The fourth-order valence-electron chi connectivity index (χ4n) is 11.9. The molecule has 0 radical (unpaired) electrons. The molecule has 9 rings (SSSR count). The van der Waals surface area contributed by atoms with Gasteiger partial charge in [-0.3, -0.25) is 9.59 Å². The highest BCUT2D eigenvalue weighted by Gasteiger charge is 2.48. The van der Waals surface area contributed by atoms with Crippen LogP contribution in [0.25, 0.3) is 17.1 Å². The number of nitrogens with one attached hydrogen (secondary N) is 4. The summed E-state index contributed by atoms with van der Waals surface area (Å²) in [5.74, 6) is -0.554. The number of aromatic nitrogens is 4. The molecule has 0 bridgehead atoms. The second-order valence-electron chi connectivity index (χ2n) is 21.8. The van der Waals surface area contributed by atoms with E-state index in [4.69, 9.17) is 19.4 Å². The lowest BCUT2D eigenvalue weighted by Crippen LogP contribution is -2.53. The molecule has 4 fully saturated rings. The summed E-state index contributed by atoms with van der Waals surface area (Å²) >= 11 is 0. The van der Waals surface area contributed by atoms with Crippen molar-refractivity contribution in [1.29, 1.82) is 0 Å². The number of amides is 4. The standard InChI is InChI=1S/C52H68F2N10O6/c1-28(2)42(59-49(67)69-8)47(65)62-20-10-12-39(62)45-55-34-15-14-30(22-36(34)57-45)38-16-17-41(64(38)31-23-32(53)44(33(54)24-31)61-26-51(5,6)27-61)52(7)19-18-35-37(25-52)58-46(56-35)40-13-11-21-63(40)48(66)43(29(3)4)60-50(68)70-9/h14-15,18-19,22-24,28-29,38-43H,10-13,16-17,20-21,25-27H2,1-9H3,(H,55,57)(H,56,58)(H,59,67)(H,60,68)/t38-,39+,40+,41-,42+,43+,52?/m1/s1. The smallest absolute Gasteiger partial charge is 0.407 e. The van der Waals surface area contributed by atoms with E-state index >= 15 is 8.78 Å². The van der Waals surface area contributed by atoms with Gasteiger partial charge in [-0.1, -0.05) is 60.6 Å². The van der Waals surface area contributed by atoms with Gasteiger partial charge >= 0.3 is 12.2 Å². The minimum Gasteiger partial charge on any atom is -0.453 e. The first-order valence-corrected chi connectivity index (χ1v) is 24.9. The third-order valence-electron chi connectivity index (χ3n) is 15.4. The Morgan fingerprint density at radius 1 is 0.757 bits per heavy atom. The molecule has 16 nitrogen and oxygen atoms in total. The summed E-state index contributed by atoms with van der Waals surface area (Å²) in [5.41, 5.74) is 4.08. The number of fused-ring (bicyclic) bond motifs is 2. The van der Waals surface area contributed by atoms with Gasteiger partial charge in [0.2, 0.25) is 11.8 Å². The minimum atomic E-state index is -0.761. The topological polar surface area (TPSA) is 181 Å². The molecule has 376 valence electrons. The fraction of sp³-hybridized carbons (Fsp3) is 0.577. The number of nitrogens with zero attached hydrogens (tertiary/aromatic N) is 6. The predicted octanol–water partition coefficient (Wildman–Crippen LogP) is 8.48. The molecule has 5 aliphatic rings. The number of alkyl carbamates (subject to hydrolysis) is 2. The third kappa shape index (κ3) is 9.06. The van der Waals surface area contributed by atoms with Gasteiger partial charge in [-0.25, -0.2) is 28.3 Å². The summed E-state index contributed by atoms with van der Waals surface area (Å²) in [5, 5.41) is 5.44. The molecule has 0 saturated carbocycles. The van der Waals surface area contributed by atoms with Crippen LogP contribution in [0.3, 0.4) is 0 Å². The van der Waals surface area contributed by atoms with E-state index in [1.54, 1.807) is 14.7 Å². The van der Waals surface area contributed by atoms with Crippen molar-refractivity contribution in [3.05, 3.63) is 76.6 Å². The number of anilines is 2. The van der Waals surface area contributed by atoms with Gasteiger partial charge in [-0.15, -0.1) is 0 Å². The Balaban J connectivity index is 1.02. The SMILES string of the molecule is COC(=O)N[C@H](C(=O)N1CCC[C@H]1c1nc2c([nH]1)C=CC(C)([C@H]1CC[C@H](c3ccc4[nH]c([C@@H]5CCCN5C(=O)[C@@H](NC(=O)OC)C(C)C)nc4c3)N1c1cc(F)c(N3CC(C)(C)C3)c(F)c1)C2)C(C)C. The van der Waals surface area contributed by atoms with Gasteiger partial charge < -0.3 is 49.7 Å². The molecule has 4 amide bonds. The molecule has 2 aromatic heterocycles. The van der Waals surface area contributed by atoms with E-state index in [1.807, 2.05) is 39.8 Å². The highest BCUT2D eigenvalue weighted by Crippen LogP contribution is 2.51. The van der Waals surface area contributed by atoms with Gasteiger partial charge in [0.15, 0.2) is 11.6 Å². The number of methoxy groups -OCH3 is 2. The average Bonchev–Trinajstić information content (AvgIpc) is 4.17. The number of benzene rings is 2. The van der Waals surface area contributed by atoms with E-state index in [0.29, 0.717) is 74.7 Å². The van der Waals surface area contributed by atoms with E-state index in [-0.39, 0.29) is 58.9 Å². The van der Waals surface area contributed by atoms with Crippen molar-refractivity contribution in [2.75, 3.05) is 50.2 Å². The number of carbonyl (C=O) groups is 4. The maximum absolute atomic E-state index is 16.5. The van der Waals surface area contributed by atoms with Gasteiger partial charge in [0, 0.05) is 49.7 Å². The van der Waals surface area contributed by atoms with Gasteiger partial charge in [0.1, 0.15) is 29.4 Å². The van der Waals surface area contributed by atoms with Gasteiger partial charge in [0.25, 0.3) is 0 Å².